The van der Waals surface area contributed by atoms with Crippen LogP contribution in [0.3, 0.4) is 0 Å². The van der Waals surface area contributed by atoms with E-state index in [9.17, 15) is 5.26 Å². The second-order valence-electron chi connectivity index (χ2n) is 9.98. The lowest BCUT2D eigenvalue weighted by atomic mass is 9.62. The van der Waals surface area contributed by atoms with Crippen molar-refractivity contribution >= 4 is 8.32 Å². The van der Waals surface area contributed by atoms with Gasteiger partial charge in [0.25, 0.3) is 0 Å². The topological polar surface area (TPSA) is 64.6 Å². The lowest BCUT2D eigenvalue weighted by Crippen LogP contribution is -2.44. The predicted octanol–water partition coefficient (Wildman–Crippen LogP) is 5.66. The van der Waals surface area contributed by atoms with Crippen LogP contribution >= 0.6 is 0 Å². The third-order valence-corrected chi connectivity index (χ3v) is 11.4. The quantitative estimate of drug-likeness (QED) is 0.559. The molecule has 0 amide bonds. The van der Waals surface area contributed by atoms with Crippen LogP contribution in [0.25, 0.3) is 0 Å². The maximum Gasteiger partial charge on any atom is 0.250 e. The number of rotatable bonds is 6. The van der Waals surface area contributed by atoms with E-state index >= 15 is 0 Å². The standard InChI is InChI=1S/C24H31NO4Si/c1-22(2,3)30(4,5)29-19-8-9-20-18(15-19)16-23(20,17-25)10-11-24(27-13-14-28-24)21-7-6-12-26-21/h6-9,12,15H,10-11,13-14,16H2,1-5H3. The van der Waals surface area contributed by atoms with E-state index in [4.69, 9.17) is 18.3 Å². The van der Waals surface area contributed by atoms with Gasteiger partial charge in [-0.1, -0.05) is 26.8 Å². The number of nitriles is 1. The Morgan fingerprint density at radius 2 is 1.87 bits per heavy atom. The summed E-state index contributed by atoms with van der Waals surface area (Å²) in [4.78, 5) is 0. The average Bonchev–Trinajstić information content (AvgIpc) is 3.34. The molecule has 1 atom stereocenters. The molecule has 0 spiro atoms. The van der Waals surface area contributed by atoms with Crippen molar-refractivity contribution in [2.75, 3.05) is 13.2 Å². The van der Waals surface area contributed by atoms with Gasteiger partial charge in [-0.15, -0.1) is 0 Å². The summed E-state index contributed by atoms with van der Waals surface area (Å²) in [5, 5.41) is 10.2. The molecule has 2 aromatic rings. The smallest absolute Gasteiger partial charge is 0.250 e. The molecule has 0 N–H and O–H groups in total. The Bertz CT molecular complexity index is 949. The summed E-state index contributed by atoms with van der Waals surface area (Å²) in [7, 11) is -1.89. The fourth-order valence-electron chi connectivity index (χ4n) is 4.12. The first-order chi connectivity index (χ1) is 14.1. The molecular formula is C24H31NO4Si. The van der Waals surface area contributed by atoms with Crippen LogP contribution in [0.5, 0.6) is 5.75 Å². The molecule has 4 rings (SSSR count). The van der Waals surface area contributed by atoms with Crippen molar-refractivity contribution in [3.63, 3.8) is 0 Å². The molecule has 0 radical (unpaired) electrons. The van der Waals surface area contributed by atoms with Crippen molar-refractivity contribution in [3.8, 4) is 11.8 Å². The summed E-state index contributed by atoms with van der Waals surface area (Å²) in [5.74, 6) is 0.709. The molecule has 1 unspecified atom stereocenters. The highest BCUT2D eigenvalue weighted by atomic mass is 28.4. The normalized spacial score (nSPS) is 22.8. The summed E-state index contributed by atoms with van der Waals surface area (Å²) in [5.41, 5.74) is 1.79. The molecule has 1 aliphatic heterocycles. The number of nitrogens with zero attached hydrogens (tertiary/aromatic N) is 1. The monoisotopic (exact) mass is 425 g/mol. The minimum Gasteiger partial charge on any atom is -0.543 e. The zero-order valence-electron chi connectivity index (χ0n) is 18.6. The Balaban J connectivity index is 1.51. The number of hydrogen-bond donors (Lipinski definition) is 0. The van der Waals surface area contributed by atoms with Crippen molar-refractivity contribution in [2.45, 2.75) is 69.4 Å². The first-order valence-electron chi connectivity index (χ1n) is 10.7. The molecule has 2 heterocycles. The van der Waals surface area contributed by atoms with Gasteiger partial charge in [0.05, 0.1) is 31.0 Å². The largest absolute Gasteiger partial charge is 0.543 e. The van der Waals surface area contributed by atoms with E-state index in [2.05, 4.69) is 52.1 Å². The fraction of sp³-hybridized carbons (Fsp3) is 0.542. The Labute approximate surface area is 180 Å². The van der Waals surface area contributed by atoms with Gasteiger partial charge >= 0.3 is 0 Å². The van der Waals surface area contributed by atoms with Gasteiger partial charge in [-0.05, 0) is 66.4 Å². The molecule has 0 bridgehead atoms. The van der Waals surface area contributed by atoms with E-state index < -0.39 is 19.5 Å². The third kappa shape index (κ3) is 3.49. The molecule has 30 heavy (non-hydrogen) atoms. The molecule has 1 aromatic carbocycles. The molecule has 1 fully saturated rings. The van der Waals surface area contributed by atoms with Crippen molar-refractivity contribution in [1.82, 2.24) is 0 Å². The summed E-state index contributed by atoms with van der Waals surface area (Å²) in [6.07, 6.45) is 3.59. The molecule has 2 aliphatic rings. The van der Waals surface area contributed by atoms with Crippen molar-refractivity contribution in [2.24, 2.45) is 0 Å². The summed E-state index contributed by atoms with van der Waals surface area (Å²) in [6, 6.07) is 12.5. The SMILES string of the molecule is CC(C)(C)[Si](C)(C)Oc1ccc2c(c1)CC2(C#N)CCC1(c2ccco2)OCCO1. The fourth-order valence-corrected chi connectivity index (χ4v) is 5.15. The van der Waals surface area contributed by atoms with Crippen molar-refractivity contribution in [3.05, 3.63) is 53.5 Å². The van der Waals surface area contributed by atoms with Crippen LogP contribution in [-0.4, -0.2) is 21.5 Å². The first-order valence-corrected chi connectivity index (χ1v) is 13.6. The zero-order chi connectivity index (χ0) is 21.6. The van der Waals surface area contributed by atoms with E-state index in [0.29, 0.717) is 31.8 Å². The molecule has 1 aromatic heterocycles. The van der Waals surface area contributed by atoms with Gasteiger partial charge in [0.1, 0.15) is 5.75 Å². The summed E-state index contributed by atoms with van der Waals surface area (Å²) < 4.78 is 23.9. The number of ether oxygens (including phenoxy) is 2. The van der Waals surface area contributed by atoms with Gasteiger partial charge in [-0.25, -0.2) is 0 Å². The van der Waals surface area contributed by atoms with E-state index in [-0.39, 0.29) is 5.04 Å². The van der Waals surface area contributed by atoms with Gasteiger partial charge in [-0.3, -0.25) is 0 Å². The number of hydrogen-bond acceptors (Lipinski definition) is 5. The van der Waals surface area contributed by atoms with Gasteiger partial charge in [0.2, 0.25) is 14.1 Å². The Kier molecular flexibility index (Phi) is 5.12. The lowest BCUT2D eigenvalue weighted by Gasteiger charge is -2.41. The lowest BCUT2D eigenvalue weighted by molar-refractivity contribution is -0.185. The maximum atomic E-state index is 10.1. The van der Waals surface area contributed by atoms with E-state index in [1.807, 2.05) is 18.2 Å². The highest BCUT2D eigenvalue weighted by Crippen LogP contribution is 2.49. The van der Waals surface area contributed by atoms with E-state index in [0.717, 1.165) is 17.7 Å². The molecule has 6 heteroatoms. The van der Waals surface area contributed by atoms with Crippen molar-refractivity contribution < 1.29 is 18.3 Å². The predicted molar refractivity (Wildman–Crippen MR) is 117 cm³/mol. The van der Waals surface area contributed by atoms with Gasteiger partial charge in [0.15, 0.2) is 5.76 Å². The zero-order valence-corrected chi connectivity index (χ0v) is 19.6. The minimum atomic E-state index is -1.89. The molecular weight excluding hydrogens is 394 g/mol. The third-order valence-electron chi connectivity index (χ3n) is 7.01. The minimum absolute atomic E-state index is 0.147. The van der Waals surface area contributed by atoms with Crippen LogP contribution in [0.1, 0.15) is 50.5 Å². The van der Waals surface area contributed by atoms with Crippen LogP contribution in [0.15, 0.2) is 41.0 Å². The van der Waals surface area contributed by atoms with Gasteiger partial charge in [-0.2, -0.15) is 5.26 Å². The van der Waals surface area contributed by atoms with Gasteiger partial charge in [0, 0.05) is 6.42 Å². The molecule has 5 nitrogen and oxygen atoms in total. The van der Waals surface area contributed by atoms with Gasteiger partial charge < -0.3 is 18.3 Å². The van der Waals surface area contributed by atoms with Crippen LogP contribution in [0.2, 0.25) is 18.1 Å². The number of benzene rings is 1. The highest BCUT2D eigenvalue weighted by molar-refractivity contribution is 6.74. The molecule has 1 saturated heterocycles. The van der Waals surface area contributed by atoms with Crippen LogP contribution < -0.4 is 4.43 Å². The number of fused-ring (bicyclic) bond motifs is 1. The molecule has 0 saturated carbocycles. The number of furan rings is 1. The second kappa shape index (κ2) is 7.26. The van der Waals surface area contributed by atoms with Crippen molar-refractivity contribution in [1.29, 1.82) is 5.26 Å². The highest BCUT2D eigenvalue weighted by Gasteiger charge is 2.49. The summed E-state index contributed by atoms with van der Waals surface area (Å²) in [6.45, 7) is 12.3. The Morgan fingerprint density at radius 3 is 2.43 bits per heavy atom. The maximum absolute atomic E-state index is 10.1. The Hall–Kier alpha value is -2.07. The van der Waals surface area contributed by atoms with Crippen LogP contribution in [0, 0.1) is 11.3 Å². The van der Waals surface area contributed by atoms with Crippen LogP contribution in [-0.2, 0) is 27.1 Å². The van der Waals surface area contributed by atoms with E-state index in [1.54, 1.807) is 6.26 Å². The van der Waals surface area contributed by atoms with Crippen LogP contribution in [0.4, 0.5) is 0 Å². The first kappa shape index (κ1) is 21.2. The average molecular weight is 426 g/mol. The molecule has 1 aliphatic carbocycles. The summed E-state index contributed by atoms with van der Waals surface area (Å²) >= 11 is 0. The Morgan fingerprint density at radius 1 is 1.13 bits per heavy atom. The second-order valence-corrected chi connectivity index (χ2v) is 14.7. The van der Waals surface area contributed by atoms with E-state index in [1.165, 1.54) is 5.56 Å². The molecule has 160 valence electrons.